The first-order valence-corrected chi connectivity index (χ1v) is 8.23. The minimum atomic E-state index is -0.394. The van der Waals surface area contributed by atoms with Gasteiger partial charge in [0.1, 0.15) is 5.75 Å². The molecule has 0 aliphatic heterocycles. The first kappa shape index (κ1) is 18.8. The molecular formula is C19H20ClNO4. The van der Waals surface area contributed by atoms with Crippen molar-refractivity contribution in [1.29, 1.82) is 0 Å². The van der Waals surface area contributed by atoms with Crippen molar-refractivity contribution >= 4 is 29.2 Å². The van der Waals surface area contributed by atoms with Crippen LogP contribution >= 0.6 is 11.6 Å². The monoisotopic (exact) mass is 361 g/mol. The van der Waals surface area contributed by atoms with Crippen LogP contribution in [-0.4, -0.2) is 24.6 Å². The van der Waals surface area contributed by atoms with Gasteiger partial charge in [0.25, 0.3) is 5.91 Å². The van der Waals surface area contributed by atoms with E-state index in [4.69, 9.17) is 21.1 Å². The highest BCUT2D eigenvalue weighted by Gasteiger charge is 2.10. The minimum Gasteiger partial charge on any atom is -0.484 e. The molecular weight excluding hydrogens is 342 g/mol. The molecule has 132 valence electrons. The third kappa shape index (κ3) is 5.80. The minimum absolute atomic E-state index is 0.127. The molecule has 0 saturated heterocycles. The summed E-state index contributed by atoms with van der Waals surface area (Å²) in [7, 11) is 0. The van der Waals surface area contributed by atoms with Crippen LogP contribution in [0.15, 0.2) is 42.5 Å². The van der Waals surface area contributed by atoms with Crippen molar-refractivity contribution in [2.24, 2.45) is 0 Å². The first-order chi connectivity index (χ1) is 11.8. The van der Waals surface area contributed by atoms with Crippen LogP contribution in [0.2, 0.25) is 5.02 Å². The van der Waals surface area contributed by atoms with E-state index in [9.17, 15) is 9.59 Å². The average molecular weight is 362 g/mol. The van der Waals surface area contributed by atoms with Crippen molar-refractivity contribution in [1.82, 2.24) is 0 Å². The molecule has 0 saturated carbocycles. The van der Waals surface area contributed by atoms with Gasteiger partial charge in [0, 0.05) is 10.7 Å². The maximum Gasteiger partial charge on any atom is 0.338 e. The van der Waals surface area contributed by atoms with E-state index in [0.717, 1.165) is 5.56 Å². The Hall–Kier alpha value is -2.53. The van der Waals surface area contributed by atoms with Gasteiger partial charge in [-0.15, -0.1) is 0 Å². The van der Waals surface area contributed by atoms with Gasteiger partial charge in [-0.3, -0.25) is 4.79 Å². The maximum atomic E-state index is 11.9. The molecule has 5 nitrogen and oxygen atoms in total. The van der Waals surface area contributed by atoms with Crippen LogP contribution < -0.4 is 10.1 Å². The number of carbonyl (C=O) groups is 2. The van der Waals surface area contributed by atoms with Crippen molar-refractivity contribution in [2.45, 2.75) is 26.9 Å². The van der Waals surface area contributed by atoms with Gasteiger partial charge in [0.15, 0.2) is 6.61 Å². The predicted molar refractivity (Wildman–Crippen MR) is 97.3 cm³/mol. The smallest absolute Gasteiger partial charge is 0.338 e. The molecule has 0 unspecified atom stereocenters. The standard InChI is InChI=1S/C19H20ClNO4/c1-12(2)25-19(23)14-4-6-15(7-5-14)21-18(22)11-24-16-8-9-17(20)13(3)10-16/h4-10,12H,11H2,1-3H3,(H,21,22). The Morgan fingerprint density at radius 2 is 1.80 bits per heavy atom. The third-order valence-electron chi connectivity index (χ3n) is 3.25. The zero-order valence-corrected chi connectivity index (χ0v) is 15.1. The van der Waals surface area contributed by atoms with Gasteiger partial charge in [-0.05, 0) is 68.8 Å². The maximum absolute atomic E-state index is 11.9. The van der Waals surface area contributed by atoms with E-state index in [0.29, 0.717) is 22.0 Å². The van der Waals surface area contributed by atoms with E-state index < -0.39 is 5.97 Å². The number of rotatable bonds is 6. The number of halogens is 1. The number of aryl methyl sites for hydroxylation is 1. The molecule has 0 spiro atoms. The molecule has 0 bridgehead atoms. The molecule has 0 fully saturated rings. The molecule has 2 rings (SSSR count). The van der Waals surface area contributed by atoms with Gasteiger partial charge < -0.3 is 14.8 Å². The number of benzene rings is 2. The van der Waals surface area contributed by atoms with E-state index in [-0.39, 0.29) is 18.6 Å². The largest absolute Gasteiger partial charge is 0.484 e. The Bertz CT molecular complexity index is 757. The molecule has 1 N–H and O–H groups in total. The van der Waals surface area contributed by atoms with Crippen molar-refractivity contribution in [3.8, 4) is 5.75 Å². The first-order valence-electron chi connectivity index (χ1n) is 7.85. The van der Waals surface area contributed by atoms with Crippen molar-refractivity contribution < 1.29 is 19.1 Å². The lowest BCUT2D eigenvalue weighted by molar-refractivity contribution is -0.118. The van der Waals surface area contributed by atoms with Crippen LogP contribution in [0.4, 0.5) is 5.69 Å². The normalized spacial score (nSPS) is 10.4. The van der Waals surface area contributed by atoms with Crippen molar-refractivity contribution in [2.75, 3.05) is 11.9 Å². The summed E-state index contributed by atoms with van der Waals surface area (Å²) < 4.78 is 10.5. The van der Waals surface area contributed by atoms with Gasteiger partial charge in [0.2, 0.25) is 0 Å². The van der Waals surface area contributed by atoms with Gasteiger partial charge in [-0.2, -0.15) is 0 Å². The van der Waals surface area contributed by atoms with E-state index in [2.05, 4.69) is 5.32 Å². The lowest BCUT2D eigenvalue weighted by atomic mass is 10.2. The summed E-state index contributed by atoms with van der Waals surface area (Å²) in [5.74, 6) is -0.122. The Morgan fingerprint density at radius 1 is 1.12 bits per heavy atom. The lowest BCUT2D eigenvalue weighted by Gasteiger charge is -2.10. The number of esters is 1. The highest BCUT2D eigenvalue weighted by atomic mass is 35.5. The molecule has 25 heavy (non-hydrogen) atoms. The molecule has 0 aliphatic rings. The number of anilines is 1. The summed E-state index contributed by atoms with van der Waals surface area (Å²) in [6, 6.07) is 11.7. The fourth-order valence-electron chi connectivity index (χ4n) is 2.02. The average Bonchev–Trinajstić information content (AvgIpc) is 2.56. The number of amides is 1. The molecule has 0 aromatic heterocycles. The van der Waals surface area contributed by atoms with Crippen LogP contribution in [0.5, 0.6) is 5.75 Å². The summed E-state index contributed by atoms with van der Waals surface area (Å²) in [5.41, 5.74) is 1.88. The summed E-state index contributed by atoms with van der Waals surface area (Å²) in [5, 5.41) is 3.35. The number of hydrogen-bond donors (Lipinski definition) is 1. The van der Waals surface area contributed by atoms with Crippen molar-refractivity contribution in [3.63, 3.8) is 0 Å². The number of hydrogen-bond acceptors (Lipinski definition) is 4. The van der Waals surface area contributed by atoms with Crippen LogP contribution in [0.3, 0.4) is 0 Å². The topological polar surface area (TPSA) is 64.6 Å². The highest BCUT2D eigenvalue weighted by molar-refractivity contribution is 6.31. The van der Waals surface area contributed by atoms with E-state index in [1.165, 1.54) is 0 Å². The van der Waals surface area contributed by atoms with Gasteiger partial charge in [-0.25, -0.2) is 4.79 Å². The van der Waals surface area contributed by atoms with Gasteiger partial charge in [-0.1, -0.05) is 11.6 Å². The van der Waals surface area contributed by atoms with Crippen LogP contribution in [0.1, 0.15) is 29.8 Å². The Kier molecular flexibility index (Phi) is 6.42. The Morgan fingerprint density at radius 3 is 2.40 bits per heavy atom. The molecule has 0 aliphatic carbocycles. The quantitative estimate of drug-likeness (QED) is 0.782. The number of nitrogens with one attached hydrogen (secondary N) is 1. The zero-order chi connectivity index (χ0) is 18.4. The fraction of sp³-hybridized carbons (Fsp3) is 0.263. The second-order valence-electron chi connectivity index (χ2n) is 5.78. The molecule has 2 aromatic rings. The second kappa shape index (κ2) is 8.53. The second-order valence-corrected chi connectivity index (χ2v) is 6.19. The number of carbonyl (C=O) groups excluding carboxylic acids is 2. The van der Waals surface area contributed by atoms with Crippen LogP contribution in [0, 0.1) is 6.92 Å². The molecule has 0 heterocycles. The molecule has 0 atom stereocenters. The predicted octanol–water partition coefficient (Wildman–Crippen LogP) is 4.23. The number of ether oxygens (including phenoxy) is 2. The lowest BCUT2D eigenvalue weighted by Crippen LogP contribution is -2.20. The van der Waals surface area contributed by atoms with Gasteiger partial charge in [0.05, 0.1) is 11.7 Å². The van der Waals surface area contributed by atoms with E-state index >= 15 is 0 Å². The Balaban J connectivity index is 1.87. The summed E-state index contributed by atoms with van der Waals surface area (Å²) in [6.45, 7) is 5.31. The highest BCUT2D eigenvalue weighted by Crippen LogP contribution is 2.21. The molecule has 0 radical (unpaired) electrons. The zero-order valence-electron chi connectivity index (χ0n) is 14.3. The SMILES string of the molecule is Cc1cc(OCC(=O)Nc2ccc(C(=O)OC(C)C)cc2)ccc1Cl. The van der Waals surface area contributed by atoms with Crippen LogP contribution in [-0.2, 0) is 9.53 Å². The molecule has 2 aromatic carbocycles. The van der Waals surface area contributed by atoms with Crippen LogP contribution in [0.25, 0.3) is 0 Å². The van der Waals surface area contributed by atoms with E-state index in [1.54, 1.807) is 56.3 Å². The Labute approximate surface area is 151 Å². The fourth-order valence-corrected chi connectivity index (χ4v) is 2.14. The van der Waals surface area contributed by atoms with E-state index in [1.807, 2.05) is 6.92 Å². The van der Waals surface area contributed by atoms with Crippen molar-refractivity contribution in [3.05, 3.63) is 58.6 Å². The summed E-state index contributed by atoms with van der Waals surface area (Å²) in [4.78, 5) is 23.7. The third-order valence-corrected chi connectivity index (χ3v) is 3.67. The molecule has 1 amide bonds. The summed E-state index contributed by atoms with van der Waals surface area (Å²) >= 11 is 5.95. The summed E-state index contributed by atoms with van der Waals surface area (Å²) in [6.07, 6.45) is -0.180. The molecule has 6 heteroatoms. The van der Waals surface area contributed by atoms with Gasteiger partial charge >= 0.3 is 5.97 Å².